The molecule has 1 aliphatic carbocycles. The maximum atomic E-state index is 11.8. The summed E-state index contributed by atoms with van der Waals surface area (Å²) in [5, 5.41) is 10.2. The van der Waals surface area contributed by atoms with E-state index >= 15 is 0 Å². The third kappa shape index (κ3) is 2.20. The molecule has 2 heterocycles. The number of rotatable bonds is 3. The van der Waals surface area contributed by atoms with Gasteiger partial charge in [0, 0.05) is 12.1 Å². The van der Waals surface area contributed by atoms with Crippen molar-refractivity contribution in [1.82, 2.24) is 20.2 Å². The molecule has 0 aliphatic heterocycles. The van der Waals surface area contributed by atoms with E-state index in [1.165, 1.54) is 6.20 Å². The molecule has 2 aromatic rings. The molecule has 3 rings (SSSR count). The lowest BCUT2D eigenvalue weighted by molar-refractivity contribution is 0.101. The van der Waals surface area contributed by atoms with Crippen molar-refractivity contribution in [3.05, 3.63) is 29.7 Å². The van der Waals surface area contributed by atoms with Gasteiger partial charge in [-0.15, -0.1) is 5.10 Å². The normalized spacial score (nSPS) is 14.5. The molecule has 0 atom stereocenters. The maximum absolute atomic E-state index is 11.8. The van der Waals surface area contributed by atoms with Gasteiger partial charge in [-0.1, -0.05) is 5.10 Å². The van der Waals surface area contributed by atoms with Crippen LogP contribution in [0.2, 0.25) is 0 Å². The molecule has 18 heavy (non-hydrogen) atoms. The number of nitrogens with zero attached hydrogens (tertiary/aromatic N) is 4. The first kappa shape index (κ1) is 10.8. The van der Waals surface area contributed by atoms with E-state index in [1.54, 1.807) is 13.1 Å². The average molecular weight is 245 g/mol. The molecular formula is C11H11N5O2. The fourth-order valence-electron chi connectivity index (χ4n) is 1.51. The maximum Gasteiger partial charge on any atom is 0.322 e. The molecular weight excluding hydrogens is 234 g/mol. The van der Waals surface area contributed by atoms with Crippen LogP contribution in [0.4, 0.5) is 6.01 Å². The zero-order chi connectivity index (χ0) is 12.5. The number of carbonyl (C=O) groups is 1. The average Bonchev–Trinajstić information content (AvgIpc) is 3.11. The van der Waals surface area contributed by atoms with Crippen molar-refractivity contribution in [1.29, 1.82) is 0 Å². The van der Waals surface area contributed by atoms with Crippen molar-refractivity contribution in [2.24, 2.45) is 0 Å². The first-order valence-corrected chi connectivity index (χ1v) is 5.66. The molecule has 0 spiro atoms. The van der Waals surface area contributed by atoms with Gasteiger partial charge in [-0.2, -0.15) is 0 Å². The molecule has 1 aliphatic rings. The summed E-state index contributed by atoms with van der Waals surface area (Å²) in [6, 6.07) is 0.102. The molecule has 1 saturated carbocycles. The Hall–Kier alpha value is -2.31. The van der Waals surface area contributed by atoms with Gasteiger partial charge in [0.1, 0.15) is 5.69 Å². The second-order valence-electron chi connectivity index (χ2n) is 4.22. The van der Waals surface area contributed by atoms with Gasteiger partial charge in [0.15, 0.2) is 0 Å². The van der Waals surface area contributed by atoms with Crippen LogP contribution in [-0.2, 0) is 0 Å². The van der Waals surface area contributed by atoms with Crippen LogP contribution in [0.3, 0.4) is 0 Å². The van der Waals surface area contributed by atoms with E-state index in [-0.39, 0.29) is 11.7 Å². The summed E-state index contributed by atoms with van der Waals surface area (Å²) < 4.78 is 5.33. The predicted molar refractivity (Wildman–Crippen MR) is 61.0 cm³/mol. The zero-order valence-electron chi connectivity index (χ0n) is 9.75. The number of aromatic nitrogens is 4. The van der Waals surface area contributed by atoms with Crippen LogP contribution in [0.25, 0.3) is 0 Å². The first-order chi connectivity index (χ1) is 8.72. The molecule has 2 aromatic heterocycles. The third-order valence-electron chi connectivity index (χ3n) is 2.58. The highest BCUT2D eigenvalue weighted by Gasteiger charge is 2.29. The summed E-state index contributed by atoms with van der Waals surface area (Å²) >= 11 is 0. The Balaban J connectivity index is 1.73. The van der Waals surface area contributed by atoms with Gasteiger partial charge in [0.2, 0.25) is 5.89 Å². The van der Waals surface area contributed by atoms with Gasteiger partial charge in [-0.3, -0.25) is 15.1 Å². The smallest absolute Gasteiger partial charge is 0.322 e. The van der Waals surface area contributed by atoms with Crippen molar-refractivity contribution in [2.75, 3.05) is 5.32 Å². The molecule has 0 saturated heterocycles. The number of hydrogen-bond donors (Lipinski definition) is 1. The van der Waals surface area contributed by atoms with E-state index in [0.717, 1.165) is 12.8 Å². The molecule has 1 amide bonds. The molecule has 0 aromatic carbocycles. The van der Waals surface area contributed by atoms with Crippen LogP contribution in [0.5, 0.6) is 0 Å². The van der Waals surface area contributed by atoms with Gasteiger partial charge in [-0.05, 0) is 19.8 Å². The molecule has 7 nitrogen and oxygen atoms in total. The minimum atomic E-state index is -0.405. The quantitative estimate of drug-likeness (QED) is 0.875. The van der Waals surface area contributed by atoms with E-state index in [1.807, 2.05) is 0 Å². The lowest BCUT2D eigenvalue weighted by Crippen LogP contribution is -2.14. The standard InChI is InChI=1S/C11H11N5O2/c1-6-4-12-5-8(13-6)9(17)14-11-16-15-10(18-11)7-2-3-7/h4-5,7H,2-3H2,1H3,(H,14,16,17). The number of nitrogens with one attached hydrogen (secondary N) is 1. The van der Waals surface area contributed by atoms with E-state index in [4.69, 9.17) is 4.42 Å². The monoisotopic (exact) mass is 245 g/mol. The second-order valence-corrected chi connectivity index (χ2v) is 4.22. The van der Waals surface area contributed by atoms with Crippen LogP contribution >= 0.6 is 0 Å². The third-order valence-corrected chi connectivity index (χ3v) is 2.58. The lowest BCUT2D eigenvalue weighted by atomic mass is 10.4. The molecule has 1 fully saturated rings. The SMILES string of the molecule is Cc1cncc(C(=O)Nc2nnc(C3CC3)o2)n1. The lowest BCUT2D eigenvalue weighted by Gasteiger charge is -1.99. The van der Waals surface area contributed by atoms with Crippen LogP contribution in [0, 0.1) is 6.92 Å². The summed E-state index contributed by atoms with van der Waals surface area (Å²) in [5.41, 5.74) is 0.896. The van der Waals surface area contributed by atoms with Crippen molar-refractivity contribution < 1.29 is 9.21 Å². The number of carbonyl (C=O) groups excluding carboxylic acids is 1. The number of amides is 1. The molecule has 7 heteroatoms. The van der Waals surface area contributed by atoms with Crippen molar-refractivity contribution in [3.63, 3.8) is 0 Å². The zero-order valence-corrected chi connectivity index (χ0v) is 9.75. The van der Waals surface area contributed by atoms with E-state index < -0.39 is 5.91 Å². The van der Waals surface area contributed by atoms with Gasteiger partial charge < -0.3 is 4.42 Å². The van der Waals surface area contributed by atoms with Crippen molar-refractivity contribution in [3.8, 4) is 0 Å². The Morgan fingerprint density at radius 1 is 1.39 bits per heavy atom. The Morgan fingerprint density at radius 2 is 2.22 bits per heavy atom. The minimum absolute atomic E-state index is 0.102. The van der Waals surface area contributed by atoms with Crippen LogP contribution in [0.1, 0.15) is 40.8 Å². The highest BCUT2D eigenvalue weighted by atomic mass is 16.4. The second kappa shape index (κ2) is 4.17. The molecule has 1 N–H and O–H groups in total. The van der Waals surface area contributed by atoms with Crippen molar-refractivity contribution in [2.45, 2.75) is 25.7 Å². The Labute approximate surface area is 103 Å². The largest absolute Gasteiger partial charge is 0.408 e. The van der Waals surface area contributed by atoms with Gasteiger partial charge in [-0.25, -0.2) is 4.98 Å². The molecule has 0 unspecified atom stereocenters. The van der Waals surface area contributed by atoms with E-state index in [9.17, 15) is 4.79 Å². The Kier molecular flexibility index (Phi) is 2.51. The van der Waals surface area contributed by atoms with Crippen molar-refractivity contribution >= 4 is 11.9 Å². The fourth-order valence-corrected chi connectivity index (χ4v) is 1.51. The van der Waals surface area contributed by atoms with Gasteiger partial charge in [0.05, 0.1) is 11.9 Å². The van der Waals surface area contributed by atoms with Crippen LogP contribution < -0.4 is 5.32 Å². The topological polar surface area (TPSA) is 93.8 Å². The van der Waals surface area contributed by atoms with E-state index in [0.29, 0.717) is 17.5 Å². The minimum Gasteiger partial charge on any atom is -0.408 e. The highest BCUT2D eigenvalue weighted by Crippen LogP contribution is 2.39. The molecule has 0 radical (unpaired) electrons. The van der Waals surface area contributed by atoms with Crippen LogP contribution in [-0.4, -0.2) is 26.1 Å². The predicted octanol–water partition coefficient (Wildman–Crippen LogP) is 1.30. The fraction of sp³-hybridized carbons (Fsp3) is 0.364. The Bertz CT molecular complexity index is 591. The number of hydrogen-bond acceptors (Lipinski definition) is 6. The number of aryl methyl sites for hydroxylation is 1. The summed E-state index contributed by atoms with van der Waals surface area (Å²) in [6.07, 6.45) is 5.10. The first-order valence-electron chi connectivity index (χ1n) is 5.66. The Morgan fingerprint density at radius 3 is 2.94 bits per heavy atom. The number of anilines is 1. The molecule has 92 valence electrons. The summed E-state index contributed by atoms with van der Waals surface area (Å²) in [7, 11) is 0. The summed E-state index contributed by atoms with van der Waals surface area (Å²) in [5.74, 6) is 0.541. The van der Waals surface area contributed by atoms with Crippen LogP contribution in [0.15, 0.2) is 16.8 Å². The summed E-state index contributed by atoms with van der Waals surface area (Å²) in [4.78, 5) is 19.8. The summed E-state index contributed by atoms with van der Waals surface area (Å²) in [6.45, 7) is 1.77. The van der Waals surface area contributed by atoms with Gasteiger partial charge >= 0.3 is 6.01 Å². The van der Waals surface area contributed by atoms with E-state index in [2.05, 4.69) is 25.5 Å². The highest BCUT2D eigenvalue weighted by molar-refractivity contribution is 6.01. The molecule has 0 bridgehead atoms. The van der Waals surface area contributed by atoms with Gasteiger partial charge in [0.25, 0.3) is 5.91 Å².